The average Bonchev–Trinajstić information content (AvgIpc) is 3.04. The highest BCUT2D eigenvalue weighted by atomic mass is 32.1. The van der Waals surface area contributed by atoms with Crippen molar-refractivity contribution in [2.24, 2.45) is 0 Å². The molecule has 0 unspecified atom stereocenters. The van der Waals surface area contributed by atoms with Crippen molar-refractivity contribution >= 4 is 21.6 Å². The summed E-state index contributed by atoms with van der Waals surface area (Å²) in [6, 6.07) is 6.10. The van der Waals surface area contributed by atoms with Gasteiger partial charge in [-0.1, -0.05) is 12.1 Å². The maximum absolute atomic E-state index is 4.26. The first kappa shape index (κ1) is 11.3. The van der Waals surface area contributed by atoms with Gasteiger partial charge in [-0.3, -0.25) is 0 Å². The Morgan fingerprint density at radius 3 is 3.22 bits per heavy atom. The van der Waals surface area contributed by atoms with Gasteiger partial charge in [-0.25, -0.2) is 9.67 Å². The number of hydrogen-bond acceptors (Lipinski definition) is 5. The molecule has 0 aliphatic carbocycles. The van der Waals surface area contributed by atoms with Gasteiger partial charge in [0, 0.05) is 6.54 Å². The molecule has 0 radical (unpaired) electrons. The molecule has 1 aromatic carbocycles. The second-order valence-corrected chi connectivity index (χ2v) is 4.83. The molecule has 0 saturated heterocycles. The fraction of sp³-hybridized carbons (Fsp3) is 0.250. The Balaban J connectivity index is 1.90. The molecular weight excluding hydrogens is 246 g/mol. The molecule has 1 N–H and O–H groups in total. The summed E-state index contributed by atoms with van der Waals surface area (Å²) >= 11 is 1.63. The van der Waals surface area contributed by atoms with Crippen LogP contribution < -0.4 is 5.32 Å². The van der Waals surface area contributed by atoms with Gasteiger partial charge >= 0.3 is 0 Å². The fourth-order valence-electron chi connectivity index (χ4n) is 1.74. The molecule has 18 heavy (non-hydrogen) atoms. The highest BCUT2D eigenvalue weighted by Gasteiger charge is 2.04. The molecule has 2 aromatic heterocycles. The number of nitrogens with zero attached hydrogens (tertiary/aromatic N) is 4. The van der Waals surface area contributed by atoms with E-state index >= 15 is 0 Å². The SMILES string of the molecule is CCNCc1cn(-c2ccc3ncsc3c2)nn1. The van der Waals surface area contributed by atoms with E-state index in [2.05, 4.69) is 33.6 Å². The van der Waals surface area contributed by atoms with E-state index in [-0.39, 0.29) is 0 Å². The van der Waals surface area contributed by atoms with Gasteiger partial charge in [0.2, 0.25) is 0 Å². The summed E-state index contributed by atoms with van der Waals surface area (Å²) in [5, 5.41) is 11.5. The van der Waals surface area contributed by atoms with E-state index in [9.17, 15) is 0 Å². The number of rotatable bonds is 4. The average molecular weight is 259 g/mol. The standard InChI is InChI=1S/C12H13N5S/c1-2-13-6-9-7-17(16-15-9)10-3-4-11-12(5-10)18-8-14-11/h3-5,7-8,13H,2,6H2,1H3. The van der Waals surface area contributed by atoms with Crippen LogP contribution >= 0.6 is 11.3 Å². The molecule has 3 aromatic rings. The van der Waals surface area contributed by atoms with Gasteiger partial charge in [0.1, 0.15) is 0 Å². The van der Waals surface area contributed by atoms with Crippen molar-refractivity contribution in [1.29, 1.82) is 0 Å². The highest BCUT2D eigenvalue weighted by Crippen LogP contribution is 2.20. The summed E-state index contributed by atoms with van der Waals surface area (Å²) in [5.41, 5.74) is 4.84. The Morgan fingerprint density at radius 1 is 1.39 bits per heavy atom. The highest BCUT2D eigenvalue weighted by molar-refractivity contribution is 7.16. The van der Waals surface area contributed by atoms with Crippen LogP contribution in [0.3, 0.4) is 0 Å². The number of aromatic nitrogens is 4. The van der Waals surface area contributed by atoms with Gasteiger partial charge in [-0.2, -0.15) is 0 Å². The van der Waals surface area contributed by atoms with E-state index in [1.807, 2.05) is 23.8 Å². The Kier molecular flexibility index (Phi) is 3.04. The van der Waals surface area contributed by atoms with E-state index in [1.165, 1.54) is 0 Å². The van der Waals surface area contributed by atoms with E-state index in [0.29, 0.717) is 0 Å². The normalized spacial score (nSPS) is 11.2. The summed E-state index contributed by atoms with van der Waals surface area (Å²) < 4.78 is 2.96. The second-order valence-electron chi connectivity index (χ2n) is 3.94. The van der Waals surface area contributed by atoms with Gasteiger partial charge in [0.05, 0.1) is 33.3 Å². The maximum atomic E-state index is 4.26. The molecule has 0 fully saturated rings. The number of benzene rings is 1. The Labute approximate surface area is 108 Å². The summed E-state index contributed by atoms with van der Waals surface area (Å²) in [6.07, 6.45) is 1.95. The maximum Gasteiger partial charge on any atom is 0.0969 e. The Morgan fingerprint density at radius 2 is 2.33 bits per heavy atom. The molecule has 2 heterocycles. The van der Waals surface area contributed by atoms with E-state index in [1.54, 1.807) is 16.0 Å². The zero-order valence-electron chi connectivity index (χ0n) is 10.00. The lowest BCUT2D eigenvalue weighted by molar-refractivity contribution is 0.705. The smallest absolute Gasteiger partial charge is 0.0969 e. The van der Waals surface area contributed by atoms with Crippen molar-refractivity contribution in [2.75, 3.05) is 6.54 Å². The molecule has 0 saturated carbocycles. The number of hydrogen-bond donors (Lipinski definition) is 1. The number of fused-ring (bicyclic) bond motifs is 1. The van der Waals surface area contributed by atoms with Crippen LogP contribution in [0.1, 0.15) is 12.6 Å². The summed E-state index contributed by atoms with van der Waals surface area (Å²) in [5.74, 6) is 0. The molecule has 0 aliphatic rings. The van der Waals surface area contributed by atoms with Crippen molar-refractivity contribution in [3.63, 3.8) is 0 Å². The van der Waals surface area contributed by atoms with Crippen LogP contribution in [0.25, 0.3) is 15.9 Å². The summed E-state index contributed by atoms with van der Waals surface area (Å²) in [7, 11) is 0. The van der Waals surface area contributed by atoms with Crippen molar-refractivity contribution in [1.82, 2.24) is 25.3 Å². The van der Waals surface area contributed by atoms with Crippen molar-refractivity contribution < 1.29 is 0 Å². The van der Waals surface area contributed by atoms with Gasteiger partial charge in [0.15, 0.2) is 0 Å². The summed E-state index contributed by atoms with van der Waals surface area (Å²) in [4.78, 5) is 4.26. The molecule has 92 valence electrons. The van der Waals surface area contributed by atoms with Crippen molar-refractivity contribution in [2.45, 2.75) is 13.5 Å². The molecular formula is C12H13N5S. The van der Waals surface area contributed by atoms with Gasteiger partial charge in [-0.15, -0.1) is 16.4 Å². The monoisotopic (exact) mass is 259 g/mol. The van der Waals surface area contributed by atoms with Crippen molar-refractivity contribution in [3.8, 4) is 5.69 Å². The van der Waals surface area contributed by atoms with E-state index in [0.717, 1.165) is 34.7 Å². The van der Waals surface area contributed by atoms with Gasteiger partial charge < -0.3 is 5.32 Å². The molecule has 0 atom stereocenters. The molecule has 3 rings (SSSR count). The lowest BCUT2D eigenvalue weighted by Crippen LogP contribution is -2.11. The van der Waals surface area contributed by atoms with Crippen LogP contribution in [-0.2, 0) is 6.54 Å². The van der Waals surface area contributed by atoms with Crippen LogP contribution in [0, 0.1) is 0 Å². The predicted octanol–water partition coefficient (Wildman–Crippen LogP) is 1.99. The minimum Gasteiger partial charge on any atom is -0.311 e. The predicted molar refractivity (Wildman–Crippen MR) is 71.9 cm³/mol. The van der Waals surface area contributed by atoms with Crippen LogP contribution in [0.5, 0.6) is 0 Å². The van der Waals surface area contributed by atoms with Crippen LogP contribution in [0.4, 0.5) is 0 Å². The van der Waals surface area contributed by atoms with E-state index < -0.39 is 0 Å². The lowest BCUT2D eigenvalue weighted by Gasteiger charge is -1.99. The van der Waals surface area contributed by atoms with Crippen LogP contribution in [-0.4, -0.2) is 26.5 Å². The number of thiazole rings is 1. The minimum atomic E-state index is 0.749. The van der Waals surface area contributed by atoms with Gasteiger partial charge in [0.25, 0.3) is 0 Å². The molecule has 0 spiro atoms. The van der Waals surface area contributed by atoms with E-state index in [4.69, 9.17) is 0 Å². The fourth-order valence-corrected chi connectivity index (χ4v) is 2.46. The van der Waals surface area contributed by atoms with Crippen LogP contribution in [0.2, 0.25) is 0 Å². The molecule has 0 bridgehead atoms. The minimum absolute atomic E-state index is 0.749. The largest absolute Gasteiger partial charge is 0.311 e. The topological polar surface area (TPSA) is 55.6 Å². The van der Waals surface area contributed by atoms with Crippen LogP contribution in [0.15, 0.2) is 29.9 Å². The lowest BCUT2D eigenvalue weighted by atomic mass is 10.3. The number of nitrogens with one attached hydrogen (secondary N) is 1. The molecule has 0 aliphatic heterocycles. The second kappa shape index (κ2) is 4.83. The third kappa shape index (κ3) is 2.12. The van der Waals surface area contributed by atoms with Crippen molar-refractivity contribution in [3.05, 3.63) is 35.6 Å². The first-order valence-corrected chi connectivity index (χ1v) is 6.70. The zero-order chi connectivity index (χ0) is 12.4. The first-order valence-electron chi connectivity index (χ1n) is 5.82. The Bertz CT molecular complexity index is 657. The zero-order valence-corrected chi connectivity index (χ0v) is 10.8. The Hall–Kier alpha value is -1.79. The third-order valence-corrected chi connectivity index (χ3v) is 3.47. The first-order chi connectivity index (χ1) is 8.86. The molecule has 6 heteroatoms. The third-order valence-electron chi connectivity index (χ3n) is 2.68. The van der Waals surface area contributed by atoms with Gasteiger partial charge in [-0.05, 0) is 24.7 Å². The molecule has 0 amide bonds. The quantitative estimate of drug-likeness (QED) is 0.778. The molecule has 5 nitrogen and oxygen atoms in total. The summed E-state index contributed by atoms with van der Waals surface area (Å²) in [6.45, 7) is 3.75.